The number of imidazole rings is 1. The number of hydrogen-bond acceptors (Lipinski definition) is 7. The summed E-state index contributed by atoms with van der Waals surface area (Å²) >= 11 is 6.57. The van der Waals surface area contributed by atoms with Crippen LogP contribution in [0, 0.1) is 0 Å². The van der Waals surface area contributed by atoms with Gasteiger partial charge in [0, 0.05) is 69.7 Å². The zero-order chi connectivity index (χ0) is 24.2. The van der Waals surface area contributed by atoms with Crippen LogP contribution in [0.2, 0.25) is 5.02 Å². The van der Waals surface area contributed by atoms with Crippen molar-refractivity contribution < 1.29 is 5.11 Å². The van der Waals surface area contributed by atoms with E-state index in [9.17, 15) is 0 Å². The number of pyridine rings is 1. The molecule has 9 heteroatoms. The second kappa shape index (κ2) is 11.1. The molecule has 2 fully saturated rings. The van der Waals surface area contributed by atoms with E-state index in [0.717, 1.165) is 94.2 Å². The molecule has 4 heterocycles. The van der Waals surface area contributed by atoms with Crippen molar-refractivity contribution >= 4 is 34.1 Å². The van der Waals surface area contributed by atoms with Gasteiger partial charge in [-0.05, 0) is 50.1 Å². The van der Waals surface area contributed by atoms with Gasteiger partial charge in [0.1, 0.15) is 11.3 Å². The zero-order valence-corrected chi connectivity index (χ0v) is 21.3. The molecule has 0 spiro atoms. The largest absolute Gasteiger partial charge is 0.396 e. The van der Waals surface area contributed by atoms with Crippen molar-refractivity contribution in [1.29, 1.82) is 0 Å². The van der Waals surface area contributed by atoms with Crippen molar-refractivity contribution in [2.75, 3.05) is 69.2 Å². The highest BCUT2D eigenvalue weighted by Gasteiger charge is 2.21. The van der Waals surface area contributed by atoms with E-state index in [1.165, 1.54) is 5.69 Å². The van der Waals surface area contributed by atoms with Gasteiger partial charge < -0.3 is 25.2 Å². The molecule has 35 heavy (non-hydrogen) atoms. The maximum absolute atomic E-state index is 9.05. The first-order chi connectivity index (χ1) is 17.1. The van der Waals surface area contributed by atoms with Gasteiger partial charge in [0.05, 0.1) is 16.9 Å². The Morgan fingerprint density at radius 2 is 1.80 bits per heavy atom. The van der Waals surface area contributed by atoms with Crippen LogP contribution in [0.3, 0.4) is 0 Å². The average molecular weight is 498 g/mol. The first kappa shape index (κ1) is 24.3. The summed E-state index contributed by atoms with van der Waals surface area (Å²) in [4.78, 5) is 20.1. The van der Waals surface area contributed by atoms with Gasteiger partial charge in [0.15, 0.2) is 5.65 Å². The minimum atomic E-state index is 0.265. The SMILES string of the molecule is CCN1CCC(Nc2c(Cl)cnc3nc(-c4ccc(N5CCN(CCCO)CC5)cc4)[nH]c23)CC1. The van der Waals surface area contributed by atoms with Gasteiger partial charge in [0.2, 0.25) is 0 Å². The highest BCUT2D eigenvalue weighted by molar-refractivity contribution is 6.34. The lowest BCUT2D eigenvalue weighted by atomic mass is 10.0. The van der Waals surface area contributed by atoms with Crippen LogP contribution >= 0.6 is 11.6 Å². The molecular formula is C26H36ClN7O. The first-order valence-electron chi connectivity index (χ1n) is 12.9. The van der Waals surface area contributed by atoms with Crippen molar-refractivity contribution in [1.82, 2.24) is 24.8 Å². The minimum Gasteiger partial charge on any atom is -0.396 e. The number of anilines is 2. The Balaban J connectivity index is 1.28. The number of likely N-dealkylation sites (tertiary alicyclic amines) is 1. The molecule has 5 rings (SSSR count). The second-order valence-corrected chi connectivity index (χ2v) is 9.98. The van der Waals surface area contributed by atoms with Crippen LogP contribution in [0.4, 0.5) is 11.4 Å². The number of aliphatic hydroxyl groups is 1. The van der Waals surface area contributed by atoms with E-state index in [0.29, 0.717) is 16.7 Å². The third-order valence-electron chi connectivity index (χ3n) is 7.37. The summed E-state index contributed by atoms with van der Waals surface area (Å²) in [6, 6.07) is 9.00. The van der Waals surface area contributed by atoms with Gasteiger partial charge in [-0.2, -0.15) is 0 Å². The van der Waals surface area contributed by atoms with Crippen LogP contribution in [0.1, 0.15) is 26.2 Å². The molecule has 2 aliphatic rings. The highest BCUT2D eigenvalue weighted by atomic mass is 35.5. The Labute approximate surface area is 212 Å². The maximum atomic E-state index is 9.05. The van der Waals surface area contributed by atoms with Crippen LogP contribution in [0.5, 0.6) is 0 Å². The number of fused-ring (bicyclic) bond motifs is 1. The fourth-order valence-electron chi connectivity index (χ4n) is 5.16. The van der Waals surface area contributed by atoms with E-state index in [-0.39, 0.29) is 6.61 Å². The molecule has 3 aromatic rings. The number of aromatic nitrogens is 3. The number of aromatic amines is 1. The Morgan fingerprint density at radius 3 is 2.49 bits per heavy atom. The molecule has 0 aliphatic carbocycles. The summed E-state index contributed by atoms with van der Waals surface area (Å²) < 4.78 is 0. The molecule has 0 bridgehead atoms. The van der Waals surface area contributed by atoms with Gasteiger partial charge in [0.25, 0.3) is 0 Å². The van der Waals surface area contributed by atoms with Crippen LogP contribution in [-0.2, 0) is 0 Å². The summed E-state index contributed by atoms with van der Waals surface area (Å²) in [7, 11) is 0. The second-order valence-electron chi connectivity index (χ2n) is 9.57. The summed E-state index contributed by atoms with van der Waals surface area (Å²) in [6.45, 7) is 10.9. The number of aliphatic hydroxyl groups excluding tert-OH is 1. The molecule has 0 saturated carbocycles. The molecule has 1 aromatic carbocycles. The molecule has 2 aliphatic heterocycles. The van der Waals surface area contributed by atoms with Gasteiger partial charge in [-0.15, -0.1) is 0 Å². The normalized spacial score (nSPS) is 18.4. The molecule has 8 nitrogen and oxygen atoms in total. The number of piperidine rings is 1. The smallest absolute Gasteiger partial charge is 0.180 e. The van der Waals surface area contributed by atoms with Crippen molar-refractivity contribution in [3.63, 3.8) is 0 Å². The highest BCUT2D eigenvalue weighted by Crippen LogP contribution is 2.32. The lowest BCUT2D eigenvalue weighted by molar-refractivity contribution is 0.216. The molecule has 2 aromatic heterocycles. The molecular weight excluding hydrogens is 462 g/mol. The Hall–Kier alpha value is -2.39. The number of benzene rings is 1. The van der Waals surface area contributed by atoms with Crippen molar-refractivity contribution in [3.8, 4) is 11.4 Å². The minimum absolute atomic E-state index is 0.265. The van der Waals surface area contributed by atoms with Crippen LogP contribution in [0.15, 0.2) is 30.5 Å². The van der Waals surface area contributed by atoms with Gasteiger partial charge in [-0.3, -0.25) is 4.90 Å². The number of rotatable bonds is 8. The monoisotopic (exact) mass is 497 g/mol. The first-order valence-corrected chi connectivity index (χ1v) is 13.2. The summed E-state index contributed by atoms with van der Waals surface area (Å²) in [6.07, 6.45) is 4.75. The fourth-order valence-corrected chi connectivity index (χ4v) is 5.36. The fraction of sp³-hybridized carbons (Fsp3) is 0.538. The quantitative estimate of drug-likeness (QED) is 0.438. The number of hydrogen-bond donors (Lipinski definition) is 3. The third-order valence-corrected chi connectivity index (χ3v) is 7.65. The Morgan fingerprint density at radius 1 is 1.06 bits per heavy atom. The maximum Gasteiger partial charge on any atom is 0.180 e. The zero-order valence-electron chi connectivity index (χ0n) is 20.5. The number of nitrogens with zero attached hydrogens (tertiary/aromatic N) is 5. The predicted molar refractivity (Wildman–Crippen MR) is 143 cm³/mol. The van der Waals surface area contributed by atoms with Crippen molar-refractivity contribution in [3.05, 3.63) is 35.5 Å². The molecule has 0 radical (unpaired) electrons. The molecule has 0 unspecified atom stereocenters. The van der Waals surface area contributed by atoms with Gasteiger partial charge in [-0.25, -0.2) is 9.97 Å². The van der Waals surface area contributed by atoms with Crippen molar-refractivity contribution in [2.24, 2.45) is 0 Å². The van der Waals surface area contributed by atoms with Crippen LogP contribution in [0.25, 0.3) is 22.6 Å². The average Bonchev–Trinajstić information content (AvgIpc) is 3.35. The molecule has 3 N–H and O–H groups in total. The van der Waals surface area contributed by atoms with E-state index < -0.39 is 0 Å². The summed E-state index contributed by atoms with van der Waals surface area (Å²) in [5.74, 6) is 0.805. The van der Waals surface area contributed by atoms with Gasteiger partial charge in [-0.1, -0.05) is 18.5 Å². The lowest BCUT2D eigenvalue weighted by Crippen LogP contribution is -2.46. The third kappa shape index (κ3) is 5.56. The predicted octanol–water partition coefficient (Wildman–Crippen LogP) is 3.68. The van der Waals surface area contributed by atoms with E-state index in [1.807, 2.05) is 0 Å². The number of H-pyrrole nitrogens is 1. The van der Waals surface area contributed by atoms with Gasteiger partial charge >= 0.3 is 0 Å². The van der Waals surface area contributed by atoms with Crippen LogP contribution in [-0.4, -0.2) is 94.9 Å². The van der Waals surface area contributed by atoms with E-state index >= 15 is 0 Å². The van der Waals surface area contributed by atoms with Crippen molar-refractivity contribution in [2.45, 2.75) is 32.2 Å². The molecule has 188 valence electrons. The Bertz CT molecular complexity index is 1100. The molecule has 2 saturated heterocycles. The molecule has 0 atom stereocenters. The standard InChI is InChI=1S/C26H36ClN7O/c1-2-32-11-8-20(9-12-32)29-23-22(27)18-28-26-24(23)30-25(31-26)19-4-6-21(7-5-19)34-15-13-33(14-16-34)10-3-17-35/h4-7,18,20,35H,2-3,8-17H2,1H3,(H2,28,29,30,31). The van der Waals surface area contributed by atoms with E-state index in [1.54, 1.807) is 6.20 Å². The van der Waals surface area contributed by atoms with E-state index in [4.69, 9.17) is 21.7 Å². The number of halogens is 1. The lowest BCUT2D eigenvalue weighted by Gasteiger charge is -2.36. The number of piperazine rings is 1. The summed E-state index contributed by atoms with van der Waals surface area (Å²) in [5.41, 5.74) is 4.72. The van der Waals surface area contributed by atoms with E-state index in [2.05, 4.69) is 61.2 Å². The van der Waals surface area contributed by atoms with Crippen LogP contribution < -0.4 is 10.2 Å². The number of nitrogens with one attached hydrogen (secondary N) is 2. The summed E-state index contributed by atoms with van der Waals surface area (Å²) in [5, 5.41) is 13.4. The Kier molecular flexibility index (Phi) is 7.72. The molecule has 0 amide bonds. The topological polar surface area (TPSA) is 83.6 Å².